The van der Waals surface area contributed by atoms with Gasteiger partial charge in [-0.3, -0.25) is 0 Å². The fourth-order valence-corrected chi connectivity index (χ4v) is 5.39. The summed E-state index contributed by atoms with van der Waals surface area (Å²) in [6.45, 7) is 0. The van der Waals surface area contributed by atoms with Crippen molar-refractivity contribution in [3.63, 3.8) is 0 Å². The molecule has 2 aliphatic carbocycles. The van der Waals surface area contributed by atoms with Crippen LogP contribution >= 0.6 is 0 Å². The number of phenols is 1. The number of benzene rings is 2. The molecule has 0 unspecified atom stereocenters. The van der Waals surface area contributed by atoms with E-state index >= 15 is 0 Å². The Hall–Kier alpha value is -3.94. The number of aromatic hydroxyl groups is 1. The van der Waals surface area contributed by atoms with Gasteiger partial charge < -0.3 is 28.2 Å². The number of methoxy groups -OCH3 is 3. The number of ether oxygens (including phenoxy) is 3. The second-order valence-corrected chi connectivity index (χ2v) is 9.33. The first-order valence-corrected chi connectivity index (χ1v) is 12.5. The predicted octanol–water partition coefficient (Wildman–Crippen LogP) is 5.08. The minimum absolute atomic E-state index is 0.0756. The van der Waals surface area contributed by atoms with Crippen LogP contribution in [-0.2, 0) is 25.7 Å². The SMILES string of the molecule is COc1cc2oc(=O)c3c(c2cc1O)CCCC3.COc1cc2oc(=O)c3c(c2cc1OC)CCCC3. The molecule has 0 radical (unpaired) electrons. The summed E-state index contributed by atoms with van der Waals surface area (Å²) in [5.41, 5.74) is 4.30. The highest BCUT2D eigenvalue weighted by Gasteiger charge is 2.21. The maximum Gasteiger partial charge on any atom is 0.339 e. The Balaban J connectivity index is 0.000000152. The van der Waals surface area contributed by atoms with Gasteiger partial charge in [-0.25, -0.2) is 9.59 Å². The van der Waals surface area contributed by atoms with Gasteiger partial charge in [0.15, 0.2) is 23.0 Å². The zero-order valence-electron chi connectivity index (χ0n) is 21.3. The van der Waals surface area contributed by atoms with E-state index in [0.29, 0.717) is 28.4 Å². The molecule has 6 rings (SSSR count). The summed E-state index contributed by atoms with van der Waals surface area (Å²) in [4.78, 5) is 23.9. The number of rotatable bonds is 3. The van der Waals surface area contributed by atoms with Crippen LogP contribution in [0, 0.1) is 0 Å². The third-order valence-corrected chi connectivity index (χ3v) is 7.25. The van der Waals surface area contributed by atoms with E-state index in [9.17, 15) is 14.7 Å². The van der Waals surface area contributed by atoms with Gasteiger partial charge in [-0.05, 0) is 74.6 Å². The van der Waals surface area contributed by atoms with Crippen LogP contribution in [0.4, 0.5) is 0 Å². The van der Waals surface area contributed by atoms with Gasteiger partial charge in [0.1, 0.15) is 11.2 Å². The van der Waals surface area contributed by atoms with Crippen LogP contribution in [0.5, 0.6) is 23.0 Å². The first-order chi connectivity index (χ1) is 17.9. The fraction of sp³-hybridized carbons (Fsp3) is 0.379. The van der Waals surface area contributed by atoms with Crippen LogP contribution in [-0.4, -0.2) is 26.4 Å². The van der Waals surface area contributed by atoms with E-state index < -0.39 is 0 Å². The van der Waals surface area contributed by atoms with E-state index in [-0.39, 0.29) is 17.0 Å². The third kappa shape index (κ3) is 4.52. The molecule has 2 aliphatic rings. The van der Waals surface area contributed by atoms with Crippen LogP contribution in [0.25, 0.3) is 21.9 Å². The minimum Gasteiger partial charge on any atom is -0.504 e. The molecule has 0 saturated carbocycles. The maximum absolute atomic E-state index is 12.0. The molecule has 37 heavy (non-hydrogen) atoms. The van der Waals surface area contributed by atoms with Crippen molar-refractivity contribution in [2.24, 2.45) is 0 Å². The Morgan fingerprint density at radius 1 is 0.595 bits per heavy atom. The Labute approximate surface area is 213 Å². The molecule has 8 nitrogen and oxygen atoms in total. The van der Waals surface area contributed by atoms with Gasteiger partial charge in [0, 0.05) is 34.0 Å². The monoisotopic (exact) mass is 506 g/mol. The van der Waals surface area contributed by atoms with Gasteiger partial charge in [0.2, 0.25) is 0 Å². The van der Waals surface area contributed by atoms with Gasteiger partial charge in [0.25, 0.3) is 0 Å². The number of fused-ring (bicyclic) bond motifs is 6. The van der Waals surface area contributed by atoms with Crippen LogP contribution < -0.4 is 25.5 Å². The van der Waals surface area contributed by atoms with Crippen molar-refractivity contribution in [2.75, 3.05) is 21.3 Å². The summed E-state index contributed by atoms with van der Waals surface area (Å²) in [6, 6.07) is 6.83. The average molecular weight is 507 g/mol. The molecule has 4 aromatic rings. The summed E-state index contributed by atoms with van der Waals surface area (Å²) in [5, 5.41) is 11.6. The van der Waals surface area contributed by atoms with Crippen molar-refractivity contribution in [1.82, 2.24) is 0 Å². The zero-order valence-corrected chi connectivity index (χ0v) is 21.3. The van der Waals surface area contributed by atoms with Gasteiger partial charge in [-0.1, -0.05) is 0 Å². The van der Waals surface area contributed by atoms with Gasteiger partial charge >= 0.3 is 11.3 Å². The maximum atomic E-state index is 12.0. The lowest BCUT2D eigenvalue weighted by molar-refractivity contribution is 0.355. The van der Waals surface area contributed by atoms with Crippen LogP contribution in [0.3, 0.4) is 0 Å². The molecular weight excluding hydrogens is 476 g/mol. The Bertz CT molecular complexity index is 1590. The van der Waals surface area contributed by atoms with Crippen molar-refractivity contribution in [3.05, 3.63) is 67.4 Å². The lowest BCUT2D eigenvalue weighted by Gasteiger charge is -2.17. The Kier molecular flexibility index (Phi) is 6.82. The quantitative estimate of drug-likeness (QED) is 0.384. The highest BCUT2D eigenvalue weighted by Crippen LogP contribution is 2.36. The molecule has 0 atom stereocenters. The van der Waals surface area contributed by atoms with Crippen LogP contribution in [0.1, 0.15) is 47.9 Å². The molecule has 0 fully saturated rings. The molecule has 2 heterocycles. The standard InChI is InChI=1S/C15H16O4.C14H14O4/c1-17-13-7-11-9-5-3-4-6-10(9)15(16)19-12(11)8-14(13)18-2;1-17-13-7-12-10(6-11(13)15)8-4-2-3-5-9(8)14(16)18-12/h7-8H,3-6H2,1-2H3;6-7,15H,2-5H2,1H3. The van der Waals surface area contributed by atoms with Crippen molar-refractivity contribution in [1.29, 1.82) is 0 Å². The molecule has 2 aromatic carbocycles. The number of hydrogen-bond acceptors (Lipinski definition) is 8. The first kappa shape index (κ1) is 24.7. The Morgan fingerprint density at radius 2 is 1.00 bits per heavy atom. The van der Waals surface area contributed by atoms with Crippen molar-refractivity contribution in [2.45, 2.75) is 51.4 Å². The third-order valence-electron chi connectivity index (χ3n) is 7.25. The smallest absolute Gasteiger partial charge is 0.339 e. The van der Waals surface area contributed by atoms with E-state index in [1.807, 2.05) is 6.07 Å². The highest BCUT2D eigenvalue weighted by atomic mass is 16.5. The molecule has 0 amide bonds. The molecule has 2 aromatic heterocycles. The summed E-state index contributed by atoms with van der Waals surface area (Å²) in [5.74, 6) is 1.64. The summed E-state index contributed by atoms with van der Waals surface area (Å²) >= 11 is 0. The van der Waals surface area contributed by atoms with Gasteiger partial charge in [-0.15, -0.1) is 0 Å². The summed E-state index contributed by atoms with van der Waals surface area (Å²) in [6.07, 6.45) is 7.61. The van der Waals surface area contributed by atoms with E-state index in [1.165, 1.54) is 7.11 Å². The van der Waals surface area contributed by atoms with Crippen molar-refractivity contribution in [3.8, 4) is 23.0 Å². The lowest BCUT2D eigenvalue weighted by Crippen LogP contribution is -2.15. The minimum atomic E-state index is -0.259. The largest absolute Gasteiger partial charge is 0.504 e. The number of aryl methyl sites for hydroxylation is 2. The average Bonchev–Trinajstić information content (AvgIpc) is 2.93. The highest BCUT2D eigenvalue weighted by molar-refractivity contribution is 5.86. The molecule has 8 heteroatoms. The second-order valence-electron chi connectivity index (χ2n) is 9.33. The topological polar surface area (TPSA) is 108 Å². The van der Waals surface area contributed by atoms with E-state index in [4.69, 9.17) is 23.0 Å². The first-order valence-electron chi connectivity index (χ1n) is 12.5. The van der Waals surface area contributed by atoms with Gasteiger partial charge in [-0.2, -0.15) is 0 Å². The zero-order chi connectivity index (χ0) is 26.1. The van der Waals surface area contributed by atoms with E-state index in [2.05, 4.69) is 0 Å². The molecule has 1 N–H and O–H groups in total. The molecule has 194 valence electrons. The van der Waals surface area contributed by atoms with Crippen LogP contribution in [0.15, 0.2) is 42.7 Å². The van der Waals surface area contributed by atoms with E-state index in [0.717, 1.165) is 84.4 Å². The normalized spacial score (nSPS) is 14.4. The molecular formula is C29H30O8. The lowest BCUT2D eigenvalue weighted by atomic mass is 9.90. The molecule has 0 saturated heterocycles. The van der Waals surface area contributed by atoms with Crippen LogP contribution in [0.2, 0.25) is 0 Å². The Morgan fingerprint density at radius 3 is 1.49 bits per heavy atom. The van der Waals surface area contributed by atoms with E-state index in [1.54, 1.807) is 32.4 Å². The molecule has 0 bridgehead atoms. The number of hydrogen-bond donors (Lipinski definition) is 1. The predicted molar refractivity (Wildman–Crippen MR) is 140 cm³/mol. The second kappa shape index (κ2) is 10.2. The van der Waals surface area contributed by atoms with Gasteiger partial charge in [0.05, 0.1) is 21.3 Å². The van der Waals surface area contributed by atoms with Crippen molar-refractivity contribution >= 4 is 21.9 Å². The number of phenolic OH excluding ortho intramolecular Hbond substituents is 1. The summed E-state index contributed by atoms with van der Waals surface area (Å²) < 4.78 is 26.3. The fourth-order valence-electron chi connectivity index (χ4n) is 5.39. The van der Waals surface area contributed by atoms with Crippen molar-refractivity contribution < 1.29 is 28.2 Å². The summed E-state index contributed by atoms with van der Waals surface area (Å²) in [7, 11) is 4.65. The molecule has 0 spiro atoms. The molecule has 0 aliphatic heterocycles.